The molecule has 1 unspecified atom stereocenters. The van der Waals surface area contributed by atoms with Crippen molar-refractivity contribution >= 4 is 5.69 Å². The molecular formula is C18H18N6O3. The fourth-order valence-electron chi connectivity index (χ4n) is 3.14. The van der Waals surface area contributed by atoms with Crippen molar-refractivity contribution in [2.75, 3.05) is 24.6 Å². The molecule has 27 heavy (non-hydrogen) atoms. The van der Waals surface area contributed by atoms with Crippen LogP contribution in [0, 0.1) is 6.92 Å². The van der Waals surface area contributed by atoms with Crippen molar-refractivity contribution in [1.29, 1.82) is 0 Å². The summed E-state index contributed by atoms with van der Waals surface area (Å²) >= 11 is 0. The van der Waals surface area contributed by atoms with Crippen molar-refractivity contribution in [1.82, 2.24) is 25.1 Å². The highest BCUT2D eigenvalue weighted by Gasteiger charge is 2.24. The maximum atomic E-state index is 12.1. The van der Waals surface area contributed by atoms with Gasteiger partial charge in [0, 0.05) is 31.7 Å². The number of nitrogens with zero attached hydrogens (tertiary/aromatic N) is 4. The van der Waals surface area contributed by atoms with Crippen LogP contribution in [0.15, 0.2) is 46.4 Å². The van der Waals surface area contributed by atoms with E-state index in [1.54, 1.807) is 12.4 Å². The molecular weight excluding hydrogens is 348 g/mol. The minimum Gasteiger partial charge on any atom is -0.370 e. The number of hydrogen-bond donors (Lipinski definition) is 2. The fraction of sp³-hybridized carbons (Fsp3) is 0.278. The SMILES string of the molecule is Cc1nnc(-c2c[nH]c(=O)[nH]c2=O)cc1N1CCOC(c2ccncc2)C1. The minimum absolute atomic E-state index is 0.0748. The molecule has 0 bridgehead atoms. The zero-order valence-corrected chi connectivity index (χ0v) is 14.7. The van der Waals surface area contributed by atoms with Crippen LogP contribution in [0.3, 0.4) is 0 Å². The molecule has 138 valence electrons. The van der Waals surface area contributed by atoms with E-state index in [-0.39, 0.29) is 11.7 Å². The maximum Gasteiger partial charge on any atom is 0.325 e. The Kier molecular flexibility index (Phi) is 4.51. The molecule has 0 amide bonds. The van der Waals surface area contributed by atoms with Gasteiger partial charge in [-0.05, 0) is 30.7 Å². The predicted octanol–water partition coefficient (Wildman–Crippen LogP) is 0.802. The van der Waals surface area contributed by atoms with Gasteiger partial charge in [0.25, 0.3) is 5.56 Å². The van der Waals surface area contributed by atoms with Gasteiger partial charge in [0.15, 0.2) is 0 Å². The summed E-state index contributed by atoms with van der Waals surface area (Å²) in [5.41, 5.74) is 2.31. The summed E-state index contributed by atoms with van der Waals surface area (Å²) in [5.74, 6) is 0. The topological polar surface area (TPSA) is 117 Å². The first-order valence-corrected chi connectivity index (χ1v) is 8.55. The van der Waals surface area contributed by atoms with Crippen molar-refractivity contribution in [3.05, 3.63) is 68.9 Å². The van der Waals surface area contributed by atoms with E-state index in [9.17, 15) is 9.59 Å². The van der Waals surface area contributed by atoms with Crippen molar-refractivity contribution in [2.24, 2.45) is 0 Å². The molecule has 0 aliphatic carbocycles. The van der Waals surface area contributed by atoms with Gasteiger partial charge in [0.1, 0.15) is 11.8 Å². The normalized spacial score (nSPS) is 17.1. The summed E-state index contributed by atoms with van der Waals surface area (Å²) in [5, 5.41) is 8.32. The Morgan fingerprint density at radius 1 is 1.22 bits per heavy atom. The van der Waals surface area contributed by atoms with Crippen LogP contribution in [0.4, 0.5) is 5.69 Å². The number of rotatable bonds is 3. The van der Waals surface area contributed by atoms with Crippen molar-refractivity contribution in [3.63, 3.8) is 0 Å². The number of aromatic amines is 2. The van der Waals surface area contributed by atoms with Gasteiger partial charge in [-0.25, -0.2) is 4.79 Å². The zero-order chi connectivity index (χ0) is 18.8. The van der Waals surface area contributed by atoms with Crippen LogP contribution in [-0.4, -0.2) is 44.8 Å². The molecule has 4 rings (SSSR count). The van der Waals surface area contributed by atoms with Crippen LogP contribution < -0.4 is 16.1 Å². The molecule has 3 aromatic rings. The van der Waals surface area contributed by atoms with Crippen molar-refractivity contribution in [3.8, 4) is 11.3 Å². The van der Waals surface area contributed by atoms with Crippen molar-refractivity contribution in [2.45, 2.75) is 13.0 Å². The average Bonchev–Trinajstić information content (AvgIpc) is 2.69. The standard InChI is InChI=1S/C18H18N6O3/c1-11-15(8-14(23-22-11)13-9-20-18(26)21-17(13)25)24-6-7-27-16(10-24)12-2-4-19-5-3-12/h2-5,8-9,16H,6-7,10H2,1H3,(H2,20,21,25,26). The first-order chi connectivity index (χ1) is 13.1. The van der Waals surface area contributed by atoms with Gasteiger partial charge in [-0.1, -0.05) is 0 Å². The van der Waals surface area contributed by atoms with Gasteiger partial charge in [0.2, 0.25) is 0 Å². The zero-order valence-electron chi connectivity index (χ0n) is 14.7. The Morgan fingerprint density at radius 2 is 2.04 bits per heavy atom. The molecule has 4 heterocycles. The van der Waals surface area contributed by atoms with Crippen molar-refractivity contribution < 1.29 is 4.74 Å². The molecule has 0 aromatic carbocycles. The van der Waals surface area contributed by atoms with Gasteiger partial charge in [-0.3, -0.25) is 14.8 Å². The highest BCUT2D eigenvalue weighted by atomic mass is 16.5. The summed E-state index contributed by atoms with van der Waals surface area (Å²) < 4.78 is 5.90. The van der Waals surface area contributed by atoms with Crippen LogP contribution in [0.1, 0.15) is 17.4 Å². The first kappa shape index (κ1) is 17.1. The molecule has 9 heteroatoms. The Labute approximate surface area is 154 Å². The van der Waals surface area contributed by atoms with E-state index in [0.29, 0.717) is 25.4 Å². The monoisotopic (exact) mass is 366 g/mol. The van der Waals surface area contributed by atoms with E-state index >= 15 is 0 Å². The lowest BCUT2D eigenvalue weighted by Gasteiger charge is -2.35. The highest BCUT2D eigenvalue weighted by Crippen LogP contribution is 2.28. The quantitative estimate of drug-likeness (QED) is 0.704. The molecule has 1 aliphatic rings. The second kappa shape index (κ2) is 7.12. The molecule has 0 saturated carbocycles. The largest absolute Gasteiger partial charge is 0.370 e. The Morgan fingerprint density at radius 3 is 2.81 bits per heavy atom. The molecule has 1 saturated heterocycles. The van der Waals surface area contributed by atoms with Crippen LogP contribution in [-0.2, 0) is 4.74 Å². The van der Waals surface area contributed by atoms with Gasteiger partial charge in [0.05, 0.1) is 23.6 Å². The third kappa shape index (κ3) is 3.49. The van der Waals surface area contributed by atoms with E-state index in [0.717, 1.165) is 16.9 Å². The van der Waals surface area contributed by atoms with E-state index in [1.165, 1.54) is 6.20 Å². The van der Waals surface area contributed by atoms with Gasteiger partial charge >= 0.3 is 5.69 Å². The summed E-state index contributed by atoms with van der Waals surface area (Å²) in [7, 11) is 0. The third-order valence-electron chi connectivity index (χ3n) is 4.53. The number of pyridine rings is 1. The van der Waals surface area contributed by atoms with E-state index in [4.69, 9.17) is 4.74 Å². The lowest BCUT2D eigenvalue weighted by molar-refractivity contribution is 0.0397. The van der Waals surface area contributed by atoms with Gasteiger partial charge in [-0.15, -0.1) is 5.10 Å². The lowest BCUT2D eigenvalue weighted by Crippen LogP contribution is -2.39. The number of morpholine rings is 1. The number of anilines is 1. The second-order valence-electron chi connectivity index (χ2n) is 6.27. The van der Waals surface area contributed by atoms with Crippen LogP contribution >= 0.6 is 0 Å². The van der Waals surface area contributed by atoms with Gasteiger partial charge in [-0.2, -0.15) is 5.10 Å². The smallest absolute Gasteiger partial charge is 0.325 e. The Bertz CT molecular complexity index is 1060. The molecule has 2 N–H and O–H groups in total. The molecule has 1 aliphatic heterocycles. The molecule has 1 fully saturated rings. The lowest BCUT2D eigenvalue weighted by atomic mass is 10.1. The molecule has 0 spiro atoms. The molecule has 9 nitrogen and oxygen atoms in total. The number of hydrogen-bond acceptors (Lipinski definition) is 7. The predicted molar refractivity (Wildman–Crippen MR) is 98.6 cm³/mol. The number of ether oxygens (including phenoxy) is 1. The molecule has 1 atom stereocenters. The van der Waals surface area contributed by atoms with Crippen LogP contribution in [0.5, 0.6) is 0 Å². The number of nitrogens with one attached hydrogen (secondary N) is 2. The van der Waals surface area contributed by atoms with E-state index < -0.39 is 11.2 Å². The Hall–Kier alpha value is -3.33. The fourth-order valence-corrected chi connectivity index (χ4v) is 3.14. The van der Waals surface area contributed by atoms with Crippen LogP contribution in [0.25, 0.3) is 11.3 Å². The summed E-state index contributed by atoms with van der Waals surface area (Å²) in [6, 6.07) is 5.70. The molecule has 0 radical (unpaired) electrons. The number of aromatic nitrogens is 5. The summed E-state index contributed by atoms with van der Waals surface area (Å²) in [6.45, 7) is 3.80. The minimum atomic E-state index is -0.558. The van der Waals surface area contributed by atoms with Crippen LogP contribution in [0.2, 0.25) is 0 Å². The highest BCUT2D eigenvalue weighted by molar-refractivity contribution is 5.64. The third-order valence-corrected chi connectivity index (χ3v) is 4.53. The van der Waals surface area contributed by atoms with E-state index in [2.05, 4.69) is 30.0 Å². The molecule has 3 aromatic heterocycles. The number of H-pyrrole nitrogens is 2. The average molecular weight is 366 g/mol. The first-order valence-electron chi connectivity index (χ1n) is 8.55. The summed E-state index contributed by atoms with van der Waals surface area (Å²) in [6.07, 6.45) is 4.77. The summed E-state index contributed by atoms with van der Waals surface area (Å²) in [4.78, 5) is 34.2. The van der Waals surface area contributed by atoms with Gasteiger partial charge < -0.3 is 14.6 Å². The Balaban J connectivity index is 1.67. The second-order valence-corrected chi connectivity index (χ2v) is 6.27. The van der Waals surface area contributed by atoms with E-state index in [1.807, 2.05) is 25.1 Å². The number of aryl methyl sites for hydroxylation is 1. The maximum absolute atomic E-state index is 12.1.